The molecule has 0 atom stereocenters. The molecule has 7 heteroatoms. The summed E-state index contributed by atoms with van der Waals surface area (Å²) in [7, 11) is 0. The number of rotatable bonds is 5. The molecular weight excluding hydrogens is 376 g/mol. The van der Waals surface area contributed by atoms with Crippen LogP contribution in [-0.4, -0.2) is 27.9 Å². The Morgan fingerprint density at radius 1 is 1.21 bits per heavy atom. The third-order valence-electron chi connectivity index (χ3n) is 5.24. The van der Waals surface area contributed by atoms with Gasteiger partial charge in [0.2, 0.25) is 0 Å². The van der Waals surface area contributed by atoms with Crippen molar-refractivity contribution < 1.29 is 14.3 Å². The van der Waals surface area contributed by atoms with Gasteiger partial charge in [0.1, 0.15) is 11.4 Å². The zero-order valence-corrected chi connectivity index (χ0v) is 16.6. The molecule has 0 spiro atoms. The van der Waals surface area contributed by atoms with Crippen LogP contribution < -0.4 is 5.56 Å². The van der Waals surface area contributed by atoms with E-state index < -0.39 is 5.97 Å². The number of aryl methyl sites for hydroxylation is 4. The normalized spacial score (nSPS) is 12.9. The number of fused-ring (bicyclic) bond motifs is 2. The predicted molar refractivity (Wildman–Crippen MR) is 107 cm³/mol. The number of thiophene rings is 1. The topological polar surface area (TPSA) is 78.3 Å². The van der Waals surface area contributed by atoms with Gasteiger partial charge in [0.25, 0.3) is 5.56 Å². The fourth-order valence-electron chi connectivity index (χ4n) is 3.54. The summed E-state index contributed by atoms with van der Waals surface area (Å²) in [6.45, 7) is 3.20. The minimum atomic E-state index is -0.637. The summed E-state index contributed by atoms with van der Waals surface area (Å²) in [6, 6.07) is 5.65. The van der Waals surface area contributed by atoms with Crippen molar-refractivity contribution in [2.45, 2.75) is 39.7 Å². The van der Waals surface area contributed by atoms with Crippen LogP contribution >= 0.6 is 11.3 Å². The second kappa shape index (κ2) is 7.31. The maximum atomic E-state index is 12.6. The molecule has 3 aromatic rings. The van der Waals surface area contributed by atoms with E-state index in [1.54, 1.807) is 6.07 Å². The zero-order valence-electron chi connectivity index (χ0n) is 15.8. The lowest BCUT2D eigenvalue weighted by atomic mass is 10.0. The highest BCUT2D eigenvalue weighted by Gasteiger charge is 2.17. The maximum absolute atomic E-state index is 12.6. The summed E-state index contributed by atoms with van der Waals surface area (Å²) >= 11 is 1.46. The van der Waals surface area contributed by atoms with Crippen molar-refractivity contribution in [2.24, 2.45) is 0 Å². The summed E-state index contributed by atoms with van der Waals surface area (Å²) < 4.78 is 6.34. The molecule has 0 amide bonds. The van der Waals surface area contributed by atoms with Gasteiger partial charge in [-0.1, -0.05) is 12.1 Å². The van der Waals surface area contributed by atoms with Gasteiger partial charge < -0.3 is 4.74 Å². The minimum Gasteiger partial charge on any atom is -0.456 e. The van der Waals surface area contributed by atoms with E-state index in [1.165, 1.54) is 33.4 Å². The molecule has 0 unspecified atom stereocenters. The van der Waals surface area contributed by atoms with Gasteiger partial charge in [-0.25, -0.2) is 4.98 Å². The number of Topliss-reactive ketones (excluding diaryl/α,β-unsaturated/α-hetero) is 1. The molecule has 1 aliphatic carbocycles. The van der Waals surface area contributed by atoms with E-state index in [0.717, 1.165) is 29.7 Å². The minimum absolute atomic E-state index is 0.242. The first kappa shape index (κ1) is 18.6. The number of aromatic nitrogens is 2. The molecule has 1 aromatic carbocycles. The van der Waals surface area contributed by atoms with Gasteiger partial charge in [0.15, 0.2) is 12.4 Å². The molecule has 28 heavy (non-hydrogen) atoms. The van der Waals surface area contributed by atoms with Crippen molar-refractivity contribution in [1.82, 2.24) is 9.55 Å². The van der Waals surface area contributed by atoms with E-state index in [1.807, 2.05) is 26.0 Å². The number of esters is 1. The Labute approximate surface area is 165 Å². The van der Waals surface area contributed by atoms with Crippen molar-refractivity contribution in [1.29, 1.82) is 0 Å². The Morgan fingerprint density at radius 2 is 2.00 bits per heavy atom. The van der Waals surface area contributed by atoms with E-state index in [4.69, 9.17) is 4.74 Å². The van der Waals surface area contributed by atoms with E-state index in [-0.39, 0.29) is 24.5 Å². The van der Waals surface area contributed by atoms with Gasteiger partial charge in [-0.3, -0.25) is 19.0 Å². The Morgan fingerprint density at radius 3 is 2.82 bits per heavy atom. The van der Waals surface area contributed by atoms with Gasteiger partial charge >= 0.3 is 5.97 Å². The summed E-state index contributed by atoms with van der Waals surface area (Å²) in [5.74, 6) is -0.879. The molecule has 2 heterocycles. The Hall–Kier alpha value is -2.80. The first-order valence-electron chi connectivity index (χ1n) is 9.20. The average molecular weight is 396 g/mol. The highest BCUT2D eigenvalue weighted by atomic mass is 32.1. The number of ketones is 1. The quantitative estimate of drug-likeness (QED) is 0.489. The third kappa shape index (κ3) is 3.38. The zero-order chi connectivity index (χ0) is 19.8. The summed E-state index contributed by atoms with van der Waals surface area (Å²) in [4.78, 5) is 43.1. The second-order valence-electron chi connectivity index (χ2n) is 7.06. The van der Waals surface area contributed by atoms with Crippen molar-refractivity contribution in [3.8, 4) is 0 Å². The van der Waals surface area contributed by atoms with Crippen LogP contribution in [0.2, 0.25) is 0 Å². The van der Waals surface area contributed by atoms with E-state index in [9.17, 15) is 14.4 Å². The van der Waals surface area contributed by atoms with Crippen LogP contribution in [0.25, 0.3) is 10.2 Å². The number of hydrogen-bond donors (Lipinski definition) is 0. The molecule has 0 bridgehead atoms. The predicted octanol–water partition coefficient (Wildman–Crippen LogP) is 2.99. The molecule has 2 aromatic heterocycles. The maximum Gasteiger partial charge on any atom is 0.326 e. The number of nitrogens with zero attached hydrogens (tertiary/aromatic N) is 2. The van der Waals surface area contributed by atoms with Crippen molar-refractivity contribution in [3.05, 3.63) is 62.0 Å². The molecule has 0 N–H and O–H groups in total. The van der Waals surface area contributed by atoms with Gasteiger partial charge in [0, 0.05) is 10.4 Å². The second-order valence-corrected chi connectivity index (χ2v) is 8.27. The lowest BCUT2D eigenvalue weighted by Crippen LogP contribution is -2.26. The van der Waals surface area contributed by atoms with Gasteiger partial charge in [-0.2, -0.15) is 0 Å². The molecular formula is C21H20N2O4S. The number of carbonyl (C=O) groups is 2. The van der Waals surface area contributed by atoms with Crippen LogP contribution in [0, 0.1) is 13.8 Å². The largest absolute Gasteiger partial charge is 0.456 e. The SMILES string of the molecule is Cc1sc2ncn(CC(=O)OCC(=O)c3ccc4c(c3)CCC4)c(=O)c2c1C. The molecule has 4 rings (SSSR count). The Bertz CT molecular complexity index is 1160. The Kier molecular flexibility index (Phi) is 4.85. The monoisotopic (exact) mass is 396 g/mol. The molecule has 0 fully saturated rings. The fraction of sp³-hybridized carbons (Fsp3) is 0.333. The smallest absolute Gasteiger partial charge is 0.326 e. The van der Waals surface area contributed by atoms with Crippen LogP contribution in [-0.2, 0) is 28.9 Å². The molecule has 6 nitrogen and oxygen atoms in total. The summed E-state index contributed by atoms with van der Waals surface area (Å²) in [5.41, 5.74) is 3.65. The molecule has 0 saturated heterocycles. The molecule has 0 saturated carbocycles. The van der Waals surface area contributed by atoms with Gasteiger partial charge in [-0.15, -0.1) is 11.3 Å². The average Bonchev–Trinajstić information content (AvgIpc) is 3.26. The fourth-order valence-corrected chi connectivity index (χ4v) is 4.53. The van der Waals surface area contributed by atoms with Crippen LogP contribution in [0.1, 0.15) is 38.3 Å². The van der Waals surface area contributed by atoms with Crippen LogP contribution in [0.3, 0.4) is 0 Å². The third-order valence-corrected chi connectivity index (χ3v) is 6.36. The standard InChI is InChI=1S/C21H20N2O4S/c1-12-13(2)28-20-19(12)21(26)23(11-22-20)9-18(25)27-10-17(24)16-7-6-14-4-3-5-15(14)8-16/h6-8,11H,3-5,9-10H2,1-2H3. The highest BCUT2D eigenvalue weighted by Crippen LogP contribution is 2.25. The molecule has 0 aliphatic heterocycles. The van der Waals surface area contributed by atoms with Gasteiger partial charge in [0.05, 0.1) is 11.7 Å². The molecule has 0 radical (unpaired) electrons. The number of benzene rings is 1. The van der Waals surface area contributed by atoms with Crippen molar-refractivity contribution >= 4 is 33.3 Å². The van der Waals surface area contributed by atoms with Crippen LogP contribution in [0.15, 0.2) is 29.3 Å². The lowest BCUT2D eigenvalue weighted by molar-refractivity contribution is -0.143. The van der Waals surface area contributed by atoms with Crippen molar-refractivity contribution in [2.75, 3.05) is 6.61 Å². The number of carbonyl (C=O) groups excluding carboxylic acids is 2. The number of ether oxygens (including phenoxy) is 1. The number of hydrogen-bond acceptors (Lipinski definition) is 6. The highest BCUT2D eigenvalue weighted by molar-refractivity contribution is 7.18. The van der Waals surface area contributed by atoms with Crippen LogP contribution in [0.5, 0.6) is 0 Å². The van der Waals surface area contributed by atoms with Crippen molar-refractivity contribution in [3.63, 3.8) is 0 Å². The van der Waals surface area contributed by atoms with Crippen LogP contribution in [0.4, 0.5) is 0 Å². The first-order valence-corrected chi connectivity index (χ1v) is 10.0. The molecule has 144 valence electrons. The van der Waals surface area contributed by atoms with E-state index >= 15 is 0 Å². The lowest BCUT2D eigenvalue weighted by Gasteiger charge is -2.08. The van der Waals surface area contributed by atoms with E-state index in [0.29, 0.717) is 15.8 Å². The van der Waals surface area contributed by atoms with E-state index in [2.05, 4.69) is 4.98 Å². The summed E-state index contributed by atoms with van der Waals surface area (Å²) in [6.07, 6.45) is 4.49. The summed E-state index contributed by atoms with van der Waals surface area (Å²) in [5, 5.41) is 0.534. The van der Waals surface area contributed by atoms with Gasteiger partial charge in [-0.05, 0) is 55.9 Å². The Balaban J connectivity index is 1.43. The first-order chi connectivity index (χ1) is 13.4. The molecule has 1 aliphatic rings.